The Hall–Kier alpha value is -2.62. The second-order valence-corrected chi connectivity index (χ2v) is 6.83. The molecular formula is C22H24FIN4O2. The van der Waals surface area contributed by atoms with Crippen molar-refractivity contribution < 1.29 is 13.5 Å². The highest BCUT2D eigenvalue weighted by molar-refractivity contribution is 14.0. The average molecular weight is 522 g/mol. The van der Waals surface area contributed by atoms with Crippen molar-refractivity contribution in [3.8, 4) is 17.2 Å². The number of guanidine groups is 1. The molecule has 158 valence electrons. The Balaban J connectivity index is 0.00000256. The summed E-state index contributed by atoms with van der Waals surface area (Å²) in [5.74, 6) is 1.88. The molecule has 3 aromatic rings. The summed E-state index contributed by atoms with van der Waals surface area (Å²) in [5.41, 5.74) is 2.81. The number of para-hydroxylation sites is 1. The summed E-state index contributed by atoms with van der Waals surface area (Å²) in [4.78, 5) is 8.71. The number of hydrogen-bond donors (Lipinski definition) is 2. The molecule has 2 N–H and O–H groups in total. The van der Waals surface area contributed by atoms with E-state index in [1.54, 1.807) is 25.4 Å². The second kappa shape index (κ2) is 10.4. The van der Waals surface area contributed by atoms with Gasteiger partial charge >= 0.3 is 0 Å². The fraction of sp³-hybridized carbons (Fsp3) is 0.273. The van der Waals surface area contributed by atoms with Crippen molar-refractivity contribution in [1.82, 2.24) is 15.6 Å². The van der Waals surface area contributed by atoms with Gasteiger partial charge in [0.05, 0.1) is 12.2 Å². The number of nitrogens with one attached hydrogen (secondary N) is 2. The van der Waals surface area contributed by atoms with Crippen LogP contribution in [0.4, 0.5) is 4.39 Å². The van der Waals surface area contributed by atoms with Crippen LogP contribution < -0.4 is 15.4 Å². The Morgan fingerprint density at radius 3 is 2.73 bits per heavy atom. The monoisotopic (exact) mass is 522 g/mol. The molecule has 0 amide bonds. The first kappa shape index (κ1) is 22.1. The van der Waals surface area contributed by atoms with Gasteiger partial charge in [0.25, 0.3) is 0 Å². The number of aliphatic imine (C=N–C) groups is 1. The highest BCUT2D eigenvalue weighted by atomic mass is 127. The van der Waals surface area contributed by atoms with E-state index < -0.39 is 0 Å². The third kappa shape index (κ3) is 5.50. The highest BCUT2D eigenvalue weighted by Gasteiger charge is 2.22. The van der Waals surface area contributed by atoms with E-state index >= 15 is 0 Å². The molecule has 6 nitrogen and oxygen atoms in total. The fourth-order valence-corrected chi connectivity index (χ4v) is 3.25. The van der Waals surface area contributed by atoms with Gasteiger partial charge in [-0.15, -0.1) is 24.0 Å². The molecule has 1 aromatic heterocycles. The third-order valence-corrected chi connectivity index (χ3v) is 4.75. The van der Waals surface area contributed by atoms with Crippen molar-refractivity contribution in [3.63, 3.8) is 0 Å². The quantitative estimate of drug-likeness (QED) is 0.293. The van der Waals surface area contributed by atoms with Crippen molar-refractivity contribution in [2.24, 2.45) is 4.99 Å². The molecule has 0 saturated heterocycles. The van der Waals surface area contributed by atoms with Gasteiger partial charge in [0.15, 0.2) is 5.96 Å². The zero-order valence-electron chi connectivity index (χ0n) is 16.6. The fourth-order valence-electron chi connectivity index (χ4n) is 3.25. The molecule has 1 atom stereocenters. The summed E-state index contributed by atoms with van der Waals surface area (Å²) in [7, 11) is 1.74. The first-order chi connectivity index (χ1) is 14.2. The molecule has 1 unspecified atom stereocenters. The van der Waals surface area contributed by atoms with Gasteiger partial charge in [0, 0.05) is 32.0 Å². The molecular weight excluding hydrogens is 498 g/mol. The van der Waals surface area contributed by atoms with Crippen LogP contribution in [0.3, 0.4) is 0 Å². The lowest BCUT2D eigenvalue weighted by Gasteiger charge is -2.15. The van der Waals surface area contributed by atoms with Crippen LogP contribution in [0, 0.1) is 5.82 Å². The average Bonchev–Trinajstić information content (AvgIpc) is 3.38. The molecule has 0 fully saturated rings. The van der Waals surface area contributed by atoms with Crippen LogP contribution in [0.1, 0.15) is 11.3 Å². The molecule has 0 saturated carbocycles. The minimum absolute atomic E-state index is 0. The molecule has 8 heteroatoms. The number of halogens is 2. The second-order valence-electron chi connectivity index (χ2n) is 6.83. The predicted molar refractivity (Wildman–Crippen MR) is 125 cm³/mol. The molecule has 4 rings (SSSR count). The molecule has 1 aliphatic rings. The van der Waals surface area contributed by atoms with E-state index in [2.05, 4.69) is 26.7 Å². The van der Waals surface area contributed by atoms with E-state index in [4.69, 9.17) is 9.15 Å². The van der Waals surface area contributed by atoms with Crippen molar-refractivity contribution in [1.29, 1.82) is 0 Å². The van der Waals surface area contributed by atoms with Gasteiger partial charge in [0.1, 0.15) is 23.9 Å². The summed E-state index contributed by atoms with van der Waals surface area (Å²) in [6.45, 7) is 1.33. The summed E-state index contributed by atoms with van der Waals surface area (Å²) in [6, 6.07) is 14.2. The summed E-state index contributed by atoms with van der Waals surface area (Å²) < 4.78 is 24.5. The van der Waals surface area contributed by atoms with Gasteiger partial charge in [-0.1, -0.05) is 18.2 Å². The summed E-state index contributed by atoms with van der Waals surface area (Å²) >= 11 is 0. The number of fused-ring (bicyclic) bond motifs is 1. The Kier molecular flexibility index (Phi) is 7.67. The maximum Gasteiger partial charge on any atom is 0.226 e. The van der Waals surface area contributed by atoms with Crippen LogP contribution >= 0.6 is 24.0 Å². The smallest absolute Gasteiger partial charge is 0.226 e. The number of rotatable bonds is 6. The van der Waals surface area contributed by atoms with Gasteiger partial charge in [-0.25, -0.2) is 9.37 Å². The number of benzene rings is 2. The number of ether oxygens (including phenoxy) is 1. The number of nitrogens with zero attached hydrogens (tertiary/aromatic N) is 2. The van der Waals surface area contributed by atoms with E-state index in [0.29, 0.717) is 31.4 Å². The first-order valence-electron chi connectivity index (χ1n) is 9.60. The van der Waals surface area contributed by atoms with E-state index in [9.17, 15) is 4.39 Å². The van der Waals surface area contributed by atoms with Crippen LogP contribution in [-0.4, -0.2) is 37.2 Å². The maximum atomic E-state index is 13.0. The predicted octanol–water partition coefficient (Wildman–Crippen LogP) is 3.81. The lowest BCUT2D eigenvalue weighted by atomic mass is 10.1. The number of hydrogen-bond acceptors (Lipinski definition) is 4. The Labute approximate surface area is 192 Å². The van der Waals surface area contributed by atoms with Crippen LogP contribution in [0.2, 0.25) is 0 Å². The largest absolute Gasteiger partial charge is 0.488 e. The lowest BCUT2D eigenvalue weighted by Crippen LogP contribution is -2.42. The zero-order chi connectivity index (χ0) is 20.1. The standard InChI is InChI=1S/C22H23FN4O2.HI/c1-24-22(26-13-19-12-16-4-2-3-5-20(16)29-19)25-11-10-18-14-28-21(27-18)15-6-8-17(23)9-7-15;/h2-9,14,19H,10-13H2,1H3,(H2,24,25,26);1H. The van der Waals surface area contributed by atoms with Crippen molar-refractivity contribution in [3.05, 3.63) is 71.9 Å². The highest BCUT2D eigenvalue weighted by Crippen LogP contribution is 2.27. The molecule has 0 spiro atoms. The molecule has 0 aliphatic carbocycles. The molecule has 0 bridgehead atoms. The minimum atomic E-state index is -0.282. The van der Waals surface area contributed by atoms with Crippen LogP contribution in [0.25, 0.3) is 11.5 Å². The number of aromatic nitrogens is 1. The molecule has 0 radical (unpaired) electrons. The normalized spacial score (nSPS) is 15.1. The third-order valence-electron chi connectivity index (χ3n) is 4.75. The van der Waals surface area contributed by atoms with Crippen molar-refractivity contribution in [2.75, 3.05) is 20.1 Å². The SMILES string of the molecule is CN=C(NCCc1coc(-c2ccc(F)cc2)n1)NCC1Cc2ccccc2O1.I. The minimum Gasteiger partial charge on any atom is -0.488 e. The van der Waals surface area contributed by atoms with E-state index in [-0.39, 0.29) is 35.9 Å². The van der Waals surface area contributed by atoms with Gasteiger partial charge in [-0.2, -0.15) is 0 Å². The van der Waals surface area contributed by atoms with E-state index in [0.717, 1.165) is 23.4 Å². The summed E-state index contributed by atoms with van der Waals surface area (Å²) in [6.07, 6.45) is 3.29. The van der Waals surface area contributed by atoms with Crippen molar-refractivity contribution >= 4 is 29.9 Å². The Morgan fingerprint density at radius 1 is 1.17 bits per heavy atom. The Morgan fingerprint density at radius 2 is 1.97 bits per heavy atom. The van der Waals surface area contributed by atoms with E-state index in [1.165, 1.54) is 17.7 Å². The van der Waals surface area contributed by atoms with E-state index in [1.807, 2.05) is 18.2 Å². The number of oxazole rings is 1. The molecule has 2 heterocycles. The van der Waals surface area contributed by atoms with Gasteiger partial charge in [-0.05, 0) is 35.9 Å². The molecule has 2 aromatic carbocycles. The van der Waals surface area contributed by atoms with Crippen LogP contribution in [0.5, 0.6) is 5.75 Å². The summed E-state index contributed by atoms with van der Waals surface area (Å²) in [5, 5.41) is 6.57. The maximum absolute atomic E-state index is 13.0. The van der Waals surface area contributed by atoms with Crippen LogP contribution in [0.15, 0.2) is 64.2 Å². The molecule has 1 aliphatic heterocycles. The first-order valence-corrected chi connectivity index (χ1v) is 9.60. The van der Waals surface area contributed by atoms with Gasteiger partial charge in [0.2, 0.25) is 5.89 Å². The topological polar surface area (TPSA) is 71.7 Å². The Bertz CT molecular complexity index is 966. The van der Waals surface area contributed by atoms with Gasteiger partial charge in [-0.3, -0.25) is 4.99 Å². The zero-order valence-corrected chi connectivity index (χ0v) is 18.9. The lowest BCUT2D eigenvalue weighted by molar-refractivity contribution is 0.235. The van der Waals surface area contributed by atoms with Crippen LogP contribution in [-0.2, 0) is 12.8 Å². The van der Waals surface area contributed by atoms with Crippen molar-refractivity contribution in [2.45, 2.75) is 18.9 Å². The molecule has 30 heavy (non-hydrogen) atoms. The van der Waals surface area contributed by atoms with Gasteiger partial charge < -0.3 is 19.8 Å².